The van der Waals surface area contributed by atoms with Crippen LogP contribution in [0.3, 0.4) is 0 Å². The van der Waals surface area contributed by atoms with Crippen LogP contribution in [0.5, 0.6) is 0 Å². The molecule has 1 rings (SSSR count). The van der Waals surface area contributed by atoms with E-state index in [1.54, 1.807) is 6.07 Å². The SMILES string of the molecule is CCc1ccc(C#N)[c]n1. The van der Waals surface area contributed by atoms with Gasteiger partial charge in [-0.1, -0.05) is 6.92 Å². The predicted octanol–water partition coefficient (Wildman–Crippen LogP) is 1.32. The Morgan fingerprint density at radius 1 is 1.70 bits per heavy atom. The number of pyridine rings is 1. The smallest absolute Gasteiger partial charge is 0.108 e. The molecule has 2 heteroatoms. The van der Waals surface area contributed by atoms with E-state index in [4.69, 9.17) is 5.26 Å². The van der Waals surface area contributed by atoms with Crippen molar-refractivity contribution in [2.24, 2.45) is 0 Å². The Hall–Kier alpha value is -1.36. The van der Waals surface area contributed by atoms with Gasteiger partial charge in [0.15, 0.2) is 0 Å². The van der Waals surface area contributed by atoms with Crippen molar-refractivity contribution in [3.8, 4) is 6.07 Å². The minimum atomic E-state index is 0.497. The molecule has 1 aromatic rings. The lowest BCUT2D eigenvalue weighted by atomic mass is 10.2. The molecule has 0 N–H and O–H groups in total. The molecule has 0 saturated carbocycles. The van der Waals surface area contributed by atoms with Crippen LogP contribution in [-0.2, 0) is 6.42 Å². The van der Waals surface area contributed by atoms with Gasteiger partial charge >= 0.3 is 0 Å². The molecule has 10 heavy (non-hydrogen) atoms. The minimum absolute atomic E-state index is 0.497. The fourth-order valence-electron chi connectivity index (χ4n) is 0.645. The highest BCUT2D eigenvalue weighted by molar-refractivity contribution is 5.25. The highest BCUT2D eigenvalue weighted by Gasteiger charge is 1.91. The van der Waals surface area contributed by atoms with Crippen molar-refractivity contribution >= 4 is 0 Å². The summed E-state index contributed by atoms with van der Waals surface area (Å²) in [6.07, 6.45) is 3.52. The molecule has 0 spiro atoms. The van der Waals surface area contributed by atoms with Gasteiger partial charge in [0.05, 0.1) is 5.56 Å². The molecule has 0 aliphatic heterocycles. The molecule has 1 aromatic heterocycles. The Balaban J connectivity index is 2.93. The fraction of sp³-hybridized carbons (Fsp3) is 0.250. The van der Waals surface area contributed by atoms with Crippen molar-refractivity contribution in [2.45, 2.75) is 13.3 Å². The van der Waals surface area contributed by atoms with Crippen LogP contribution in [0.15, 0.2) is 12.1 Å². The second-order valence-corrected chi connectivity index (χ2v) is 1.93. The third kappa shape index (κ3) is 1.32. The average Bonchev–Trinajstić information content (AvgIpc) is 2.05. The number of aryl methyl sites for hydroxylation is 1. The van der Waals surface area contributed by atoms with Crippen molar-refractivity contribution in [3.63, 3.8) is 0 Å². The molecule has 2 nitrogen and oxygen atoms in total. The Morgan fingerprint density at radius 3 is 2.90 bits per heavy atom. The molecule has 0 aliphatic carbocycles. The minimum Gasteiger partial charge on any atom is -0.250 e. The summed E-state index contributed by atoms with van der Waals surface area (Å²) in [5, 5.41) is 8.38. The second kappa shape index (κ2) is 2.98. The van der Waals surface area contributed by atoms with Crippen molar-refractivity contribution in [2.75, 3.05) is 0 Å². The maximum atomic E-state index is 8.38. The highest BCUT2D eigenvalue weighted by Crippen LogP contribution is 1.97. The van der Waals surface area contributed by atoms with E-state index in [2.05, 4.69) is 11.2 Å². The summed E-state index contributed by atoms with van der Waals surface area (Å²) in [6.45, 7) is 2.02. The molecular formula is C8H7N2. The van der Waals surface area contributed by atoms with Crippen molar-refractivity contribution in [1.29, 1.82) is 5.26 Å². The zero-order chi connectivity index (χ0) is 7.40. The van der Waals surface area contributed by atoms with Gasteiger partial charge in [0.2, 0.25) is 0 Å². The summed E-state index contributed by atoms with van der Waals surface area (Å²) in [5.74, 6) is 0. The van der Waals surface area contributed by atoms with Crippen LogP contribution in [0.2, 0.25) is 0 Å². The summed E-state index contributed by atoms with van der Waals surface area (Å²) in [7, 11) is 0. The van der Waals surface area contributed by atoms with E-state index in [0.717, 1.165) is 12.1 Å². The zero-order valence-electron chi connectivity index (χ0n) is 5.76. The van der Waals surface area contributed by atoms with E-state index in [1.807, 2.05) is 19.1 Å². The van der Waals surface area contributed by atoms with Crippen LogP contribution in [0.25, 0.3) is 0 Å². The first kappa shape index (κ1) is 6.76. The van der Waals surface area contributed by atoms with E-state index >= 15 is 0 Å². The van der Waals surface area contributed by atoms with Gasteiger partial charge in [0, 0.05) is 5.69 Å². The van der Waals surface area contributed by atoms with Gasteiger partial charge in [0.1, 0.15) is 12.3 Å². The third-order valence-electron chi connectivity index (χ3n) is 1.25. The van der Waals surface area contributed by atoms with E-state index in [0.29, 0.717) is 5.56 Å². The molecule has 49 valence electrons. The summed E-state index contributed by atoms with van der Waals surface area (Å²) in [6, 6.07) is 5.53. The Bertz CT molecular complexity index is 243. The first-order valence-electron chi connectivity index (χ1n) is 3.14. The van der Waals surface area contributed by atoms with E-state index < -0.39 is 0 Å². The molecule has 0 atom stereocenters. The zero-order valence-corrected chi connectivity index (χ0v) is 5.76. The first-order chi connectivity index (χ1) is 4.86. The lowest BCUT2D eigenvalue weighted by Gasteiger charge is -1.91. The molecule has 0 aliphatic rings. The summed E-state index contributed by atoms with van der Waals surface area (Å²) in [4.78, 5) is 3.92. The molecule has 1 heterocycles. The number of nitrogens with zero attached hydrogens (tertiary/aromatic N) is 2. The maximum absolute atomic E-state index is 8.38. The maximum Gasteiger partial charge on any atom is 0.108 e. The second-order valence-electron chi connectivity index (χ2n) is 1.93. The molecular weight excluding hydrogens is 124 g/mol. The average molecular weight is 131 g/mol. The molecule has 0 fully saturated rings. The van der Waals surface area contributed by atoms with Crippen LogP contribution >= 0.6 is 0 Å². The topological polar surface area (TPSA) is 36.7 Å². The highest BCUT2D eigenvalue weighted by atomic mass is 14.7. The van der Waals surface area contributed by atoms with Crippen LogP contribution in [0.4, 0.5) is 0 Å². The number of nitriles is 1. The van der Waals surface area contributed by atoms with Crippen LogP contribution in [0.1, 0.15) is 18.2 Å². The number of rotatable bonds is 1. The number of hydrogen-bond acceptors (Lipinski definition) is 2. The summed E-state index contributed by atoms with van der Waals surface area (Å²) in [5.41, 5.74) is 1.47. The van der Waals surface area contributed by atoms with Crippen LogP contribution in [0, 0.1) is 17.5 Å². The van der Waals surface area contributed by atoms with Gasteiger partial charge in [-0.2, -0.15) is 5.26 Å². The number of aromatic nitrogens is 1. The monoisotopic (exact) mass is 131 g/mol. The molecule has 0 amide bonds. The molecule has 0 aromatic carbocycles. The summed E-state index contributed by atoms with van der Waals surface area (Å²) >= 11 is 0. The normalized spacial score (nSPS) is 8.80. The Morgan fingerprint density at radius 2 is 2.50 bits per heavy atom. The molecule has 0 unspecified atom stereocenters. The predicted molar refractivity (Wildman–Crippen MR) is 37.2 cm³/mol. The van der Waals surface area contributed by atoms with E-state index in [-0.39, 0.29) is 0 Å². The molecule has 0 bridgehead atoms. The van der Waals surface area contributed by atoms with Crippen LogP contribution in [-0.4, -0.2) is 4.98 Å². The van der Waals surface area contributed by atoms with Gasteiger partial charge in [-0.3, -0.25) is 0 Å². The van der Waals surface area contributed by atoms with Gasteiger partial charge in [-0.15, -0.1) is 0 Å². The molecule has 0 saturated heterocycles. The lowest BCUT2D eigenvalue weighted by molar-refractivity contribution is 1.03. The first-order valence-corrected chi connectivity index (χ1v) is 3.14. The van der Waals surface area contributed by atoms with E-state index in [9.17, 15) is 0 Å². The molecule has 1 radical (unpaired) electrons. The van der Waals surface area contributed by atoms with Gasteiger partial charge in [-0.25, -0.2) is 4.98 Å². The fourth-order valence-corrected chi connectivity index (χ4v) is 0.645. The Kier molecular flexibility index (Phi) is 2.01. The Labute approximate surface area is 60.1 Å². The van der Waals surface area contributed by atoms with Crippen molar-refractivity contribution in [1.82, 2.24) is 4.98 Å². The quantitative estimate of drug-likeness (QED) is 0.576. The van der Waals surface area contributed by atoms with Crippen molar-refractivity contribution in [3.05, 3.63) is 29.6 Å². The van der Waals surface area contributed by atoms with Crippen molar-refractivity contribution < 1.29 is 0 Å². The van der Waals surface area contributed by atoms with Gasteiger partial charge < -0.3 is 0 Å². The summed E-state index contributed by atoms with van der Waals surface area (Å²) < 4.78 is 0. The number of hydrogen-bond donors (Lipinski definition) is 0. The van der Waals surface area contributed by atoms with Gasteiger partial charge in [0.25, 0.3) is 0 Å². The standard InChI is InChI=1S/C8H7N2/c1-2-8-4-3-7(5-9)6-10-8/h3-4H,2H2,1H3. The largest absolute Gasteiger partial charge is 0.250 e. The van der Waals surface area contributed by atoms with Gasteiger partial charge in [-0.05, 0) is 18.6 Å². The lowest BCUT2D eigenvalue weighted by Crippen LogP contribution is -1.86. The van der Waals surface area contributed by atoms with E-state index in [1.165, 1.54) is 0 Å². The third-order valence-corrected chi connectivity index (χ3v) is 1.25. The van der Waals surface area contributed by atoms with Crippen LogP contribution < -0.4 is 0 Å².